The van der Waals surface area contributed by atoms with Crippen molar-refractivity contribution in [1.82, 2.24) is 0 Å². The SMILES string of the molecule is CC.c1ccc2c(OCC3CO3)ccc(OCC3CO3)c2c1. The molecular formula is C18H22O4. The maximum Gasteiger partial charge on any atom is 0.127 e. The van der Waals surface area contributed by atoms with Crippen LogP contribution in [0, 0.1) is 0 Å². The van der Waals surface area contributed by atoms with Crippen LogP contribution in [0.3, 0.4) is 0 Å². The van der Waals surface area contributed by atoms with E-state index in [9.17, 15) is 0 Å². The van der Waals surface area contributed by atoms with E-state index in [4.69, 9.17) is 18.9 Å². The van der Waals surface area contributed by atoms with Crippen molar-refractivity contribution in [3.8, 4) is 11.5 Å². The maximum absolute atomic E-state index is 5.83. The highest BCUT2D eigenvalue weighted by atomic mass is 16.6. The Labute approximate surface area is 130 Å². The van der Waals surface area contributed by atoms with Gasteiger partial charge in [-0.05, 0) is 12.1 Å². The summed E-state index contributed by atoms with van der Waals surface area (Å²) in [6, 6.07) is 12.1. The van der Waals surface area contributed by atoms with Crippen molar-refractivity contribution in [3.63, 3.8) is 0 Å². The van der Waals surface area contributed by atoms with Crippen LogP contribution < -0.4 is 9.47 Å². The fourth-order valence-corrected chi connectivity index (χ4v) is 2.19. The summed E-state index contributed by atoms with van der Waals surface area (Å²) in [6.07, 6.45) is 0.522. The van der Waals surface area contributed by atoms with Crippen molar-refractivity contribution in [1.29, 1.82) is 0 Å². The Hall–Kier alpha value is -1.78. The largest absolute Gasteiger partial charge is 0.490 e. The summed E-state index contributed by atoms with van der Waals surface area (Å²) < 4.78 is 22.0. The molecule has 2 atom stereocenters. The molecule has 4 nitrogen and oxygen atoms in total. The van der Waals surface area contributed by atoms with Gasteiger partial charge >= 0.3 is 0 Å². The van der Waals surface area contributed by atoms with Gasteiger partial charge in [-0.3, -0.25) is 0 Å². The van der Waals surface area contributed by atoms with Gasteiger partial charge in [-0.25, -0.2) is 0 Å². The Kier molecular flexibility index (Phi) is 4.80. The lowest BCUT2D eigenvalue weighted by atomic mass is 10.1. The van der Waals surface area contributed by atoms with Crippen LogP contribution in [0.4, 0.5) is 0 Å². The lowest BCUT2D eigenvalue weighted by Crippen LogP contribution is -2.06. The summed E-state index contributed by atoms with van der Waals surface area (Å²) in [4.78, 5) is 0. The van der Waals surface area contributed by atoms with Crippen LogP contribution in [-0.2, 0) is 9.47 Å². The van der Waals surface area contributed by atoms with E-state index < -0.39 is 0 Å². The fraction of sp³-hybridized carbons (Fsp3) is 0.444. The average Bonchev–Trinajstić information content (AvgIpc) is 3.48. The molecule has 2 heterocycles. The van der Waals surface area contributed by atoms with Gasteiger partial charge in [-0.1, -0.05) is 38.1 Å². The highest BCUT2D eigenvalue weighted by Crippen LogP contribution is 2.34. The Balaban J connectivity index is 0.000000693. The number of fused-ring (bicyclic) bond motifs is 1. The molecule has 2 fully saturated rings. The van der Waals surface area contributed by atoms with Crippen molar-refractivity contribution in [2.24, 2.45) is 0 Å². The third-order valence-corrected chi connectivity index (χ3v) is 3.50. The standard InChI is InChI=1S/C16H16O4.C2H6/c1-2-4-14-13(3-1)15(19-9-11-7-17-11)5-6-16(14)20-10-12-8-18-12;1-2/h1-6,11-12H,7-10H2;1-2H3. The van der Waals surface area contributed by atoms with Crippen LogP contribution in [0.5, 0.6) is 11.5 Å². The van der Waals surface area contributed by atoms with Crippen molar-refractivity contribution in [3.05, 3.63) is 36.4 Å². The molecule has 2 saturated heterocycles. The molecule has 2 aromatic rings. The van der Waals surface area contributed by atoms with E-state index in [0.717, 1.165) is 35.5 Å². The second-order valence-corrected chi connectivity index (χ2v) is 5.14. The van der Waals surface area contributed by atoms with Gasteiger partial charge in [0.1, 0.15) is 36.9 Å². The zero-order valence-electron chi connectivity index (χ0n) is 13.1. The van der Waals surface area contributed by atoms with E-state index in [-0.39, 0.29) is 12.2 Å². The predicted octanol–water partition coefficient (Wildman–Crippen LogP) is 3.42. The van der Waals surface area contributed by atoms with Gasteiger partial charge in [0, 0.05) is 10.8 Å². The van der Waals surface area contributed by atoms with Crippen LogP contribution in [0.15, 0.2) is 36.4 Å². The summed E-state index contributed by atoms with van der Waals surface area (Å²) >= 11 is 0. The molecule has 118 valence electrons. The van der Waals surface area contributed by atoms with E-state index in [2.05, 4.69) is 12.1 Å². The van der Waals surface area contributed by atoms with Crippen molar-refractivity contribution >= 4 is 10.8 Å². The van der Waals surface area contributed by atoms with Crippen molar-refractivity contribution in [2.45, 2.75) is 26.1 Å². The highest BCUT2D eigenvalue weighted by Gasteiger charge is 2.24. The summed E-state index contributed by atoms with van der Waals surface area (Å²) in [7, 11) is 0. The first-order chi connectivity index (χ1) is 10.9. The first kappa shape index (κ1) is 15.1. The van der Waals surface area contributed by atoms with Crippen molar-refractivity contribution in [2.75, 3.05) is 26.4 Å². The summed E-state index contributed by atoms with van der Waals surface area (Å²) in [6.45, 7) is 6.83. The third kappa shape index (κ3) is 3.70. The van der Waals surface area contributed by atoms with Gasteiger partial charge in [0.05, 0.1) is 13.2 Å². The minimum atomic E-state index is 0.261. The molecule has 4 heteroatoms. The molecule has 0 saturated carbocycles. The van der Waals surface area contributed by atoms with Crippen LogP contribution in [0.1, 0.15) is 13.8 Å². The highest BCUT2D eigenvalue weighted by molar-refractivity contribution is 5.93. The van der Waals surface area contributed by atoms with Gasteiger partial charge in [0.25, 0.3) is 0 Å². The summed E-state index contributed by atoms with van der Waals surface area (Å²) in [5.41, 5.74) is 0. The normalized spacial score (nSPS) is 21.7. The lowest BCUT2D eigenvalue weighted by molar-refractivity contribution is 0.261. The molecule has 0 radical (unpaired) electrons. The lowest BCUT2D eigenvalue weighted by Gasteiger charge is -2.12. The molecule has 0 aliphatic carbocycles. The molecule has 0 N–H and O–H groups in total. The maximum atomic E-state index is 5.83. The van der Waals surface area contributed by atoms with Gasteiger partial charge < -0.3 is 18.9 Å². The molecule has 0 bridgehead atoms. The minimum absolute atomic E-state index is 0.261. The van der Waals surface area contributed by atoms with Gasteiger partial charge in [0.15, 0.2) is 0 Å². The zero-order chi connectivity index (χ0) is 15.4. The number of hydrogen-bond acceptors (Lipinski definition) is 4. The number of rotatable bonds is 6. The first-order valence-corrected chi connectivity index (χ1v) is 7.91. The van der Waals surface area contributed by atoms with E-state index in [1.165, 1.54) is 0 Å². The quantitative estimate of drug-likeness (QED) is 0.767. The molecule has 22 heavy (non-hydrogen) atoms. The number of epoxide rings is 2. The van der Waals surface area contributed by atoms with Crippen LogP contribution in [0.25, 0.3) is 10.8 Å². The van der Waals surface area contributed by atoms with Crippen LogP contribution in [0.2, 0.25) is 0 Å². The zero-order valence-corrected chi connectivity index (χ0v) is 13.1. The first-order valence-electron chi connectivity index (χ1n) is 7.91. The Morgan fingerprint density at radius 2 is 1.23 bits per heavy atom. The Morgan fingerprint density at radius 1 is 0.818 bits per heavy atom. The van der Waals surface area contributed by atoms with Gasteiger partial charge in [0.2, 0.25) is 0 Å². The van der Waals surface area contributed by atoms with E-state index in [0.29, 0.717) is 13.2 Å². The molecule has 0 aromatic heterocycles. The second-order valence-electron chi connectivity index (χ2n) is 5.14. The average molecular weight is 302 g/mol. The predicted molar refractivity (Wildman–Crippen MR) is 85.8 cm³/mol. The molecule has 2 aromatic carbocycles. The molecule has 2 aliphatic rings. The van der Waals surface area contributed by atoms with E-state index >= 15 is 0 Å². The van der Waals surface area contributed by atoms with E-state index in [1.54, 1.807) is 0 Å². The smallest absolute Gasteiger partial charge is 0.127 e. The van der Waals surface area contributed by atoms with Gasteiger partial charge in [-0.2, -0.15) is 0 Å². The summed E-state index contributed by atoms with van der Waals surface area (Å²) in [5, 5.41) is 2.14. The third-order valence-electron chi connectivity index (χ3n) is 3.50. The van der Waals surface area contributed by atoms with Crippen molar-refractivity contribution < 1.29 is 18.9 Å². The van der Waals surface area contributed by atoms with Crippen LogP contribution >= 0.6 is 0 Å². The van der Waals surface area contributed by atoms with E-state index in [1.807, 2.05) is 38.1 Å². The molecule has 0 amide bonds. The Bertz CT molecular complexity index is 563. The molecular weight excluding hydrogens is 280 g/mol. The molecule has 2 unspecified atom stereocenters. The fourth-order valence-electron chi connectivity index (χ4n) is 2.19. The molecule has 4 rings (SSSR count). The number of ether oxygens (including phenoxy) is 4. The van der Waals surface area contributed by atoms with Crippen LogP contribution in [-0.4, -0.2) is 38.6 Å². The monoisotopic (exact) mass is 302 g/mol. The Morgan fingerprint density at radius 3 is 1.59 bits per heavy atom. The van der Waals surface area contributed by atoms with Gasteiger partial charge in [-0.15, -0.1) is 0 Å². The summed E-state index contributed by atoms with van der Waals surface area (Å²) in [5.74, 6) is 1.76. The molecule has 0 spiro atoms. The molecule has 2 aliphatic heterocycles. The minimum Gasteiger partial charge on any atom is -0.490 e. The number of benzene rings is 2. The topological polar surface area (TPSA) is 43.5 Å². The number of hydrogen-bond donors (Lipinski definition) is 0. The second kappa shape index (κ2) is 6.99.